The topological polar surface area (TPSA) is 35.2 Å². The molecule has 0 bridgehead atoms. The predicted molar refractivity (Wildman–Crippen MR) is 77.5 cm³/mol. The van der Waals surface area contributed by atoms with E-state index in [0.29, 0.717) is 5.25 Å². The van der Waals surface area contributed by atoms with E-state index in [2.05, 4.69) is 6.92 Å². The van der Waals surface area contributed by atoms with E-state index in [1.54, 1.807) is 0 Å². The Bertz CT molecular complexity index is 467. The molecule has 2 heterocycles. The minimum Gasteiger partial charge on any atom is -0.486 e. The van der Waals surface area contributed by atoms with Gasteiger partial charge in [-0.2, -0.15) is 11.8 Å². The summed E-state index contributed by atoms with van der Waals surface area (Å²) in [5.74, 6) is 2.15. The monoisotopic (exact) mass is 283 g/mol. The van der Waals surface area contributed by atoms with E-state index < -0.39 is 0 Å². The van der Waals surface area contributed by atoms with Gasteiger partial charge in [-0.25, -0.2) is 0 Å². The number of thioether (sulfide) groups is 1. The minimum atomic E-state index is -0.0802. The summed E-state index contributed by atoms with van der Waals surface area (Å²) in [7, 11) is 0. The zero-order valence-electron chi connectivity index (χ0n) is 10.5. The molecule has 2 nitrogen and oxygen atoms in total. The van der Waals surface area contributed by atoms with Crippen molar-refractivity contribution in [2.45, 2.75) is 43.1 Å². The molecular weight excluding hydrogens is 266 g/mol. The minimum absolute atomic E-state index is 0.0357. The molecule has 98 valence electrons. The fourth-order valence-electron chi connectivity index (χ4n) is 3.03. The van der Waals surface area contributed by atoms with E-state index in [1.807, 2.05) is 30.0 Å². The molecule has 0 aromatic heterocycles. The zero-order valence-corrected chi connectivity index (χ0v) is 12.1. The second-order valence-electron chi connectivity index (χ2n) is 5.28. The number of rotatable bonds is 0. The maximum atomic E-state index is 6.34. The second kappa shape index (κ2) is 4.62. The fraction of sp³-hybridized carbons (Fsp3) is 0.571. The Labute approximate surface area is 117 Å². The van der Waals surface area contributed by atoms with Crippen molar-refractivity contribution in [1.82, 2.24) is 0 Å². The molecule has 3 unspecified atom stereocenters. The quantitative estimate of drug-likeness (QED) is 0.787. The first-order chi connectivity index (χ1) is 8.61. The number of ether oxygens (including phenoxy) is 1. The van der Waals surface area contributed by atoms with E-state index in [4.69, 9.17) is 22.1 Å². The van der Waals surface area contributed by atoms with Crippen LogP contribution >= 0.6 is 23.4 Å². The Hall–Kier alpha value is -0.380. The molecule has 1 aromatic carbocycles. The van der Waals surface area contributed by atoms with Crippen LogP contribution in [0.5, 0.6) is 5.75 Å². The number of hydrogen-bond acceptors (Lipinski definition) is 3. The van der Waals surface area contributed by atoms with Gasteiger partial charge in [0.15, 0.2) is 0 Å². The number of hydrogen-bond donors (Lipinski definition) is 1. The number of fused-ring (bicyclic) bond motifs is 1. The van der Waals surface area contributed by atoms with Crippen LogP contribution in [0.2, 0.25) is 5.02 Å². The average Bonchev–Trinajstić information content (AvgIpc) is 2.34. The molecule has 2 aliphatic rings. The normalized spacial score (nSPS) is 35.1. The second-order valence-corrected chi connectivity index (χ2v) is 7.16. The molecule has 2 N–H and O–H groups in total. The van der Waals surface area contributed by atoms with Gasteiger partial charge in [-0.15, -0.1) is 0 Å². The molecule has 4 heteroatoms. The van der Waals surface area contributed by atoms with Gasteiger partial charge in [-0.1, -0.05) is 11.6 Å². The summed E-state index contributed by atoms with van der Waals surface area (Å²) in [6, 6.07) is 5.82. The van der Waals surface area contributed by atoms with Crippen molar-refractivity contribution in [3.8, 4) is 5.75 Å². The third-order valence-electron chi connectivity index (χ3n) is 4.10. The average molecular weight is 284 g/mol. The van der Waals surface area contributed by atoms with Crippen molar-refractivity contribution in [3.63, 3.8) is 0 Å². The van der Waals surface area contributed by atoms with Gasteiger partial charge in [0.1, 0.15) is 11.4 Å². The van der Waals surface area contributed by atoms with Crippen LogP contribution in [0.4, 0.5) is 0 Å². The summed E-state index contributed by atoms with van der Waals surface area (Å²) >= 11 is 8.03. The van der Waals surface area contributed by atoms with Gasteiger partial charge in [0.2, 0.25) is 0 Å². The molecule has 0 aliphatic carbocycles. The molecule has 3 rings (SSSR count). The molecule has 1 aromatic rings. The highest BCUT2D eigenvalue weighted by Gasteiger charge is 2.45. The molecule has 3 atom stereocenters. The maximum absolute atomic E-state index is 6.34. The Kier molecular flexibility index (Phi) is 3.25. The lowest BCUT2D eigenvalue weighted by molar-refractivity contribution is 0.0256. The first-order valence-corrected chi connectivity index (χ1v) is 7.89. The summed E-state index contributed by atoms with van der Waals surface area (Å²) in [6.07, 6.45) is 3.22. The van der Waals surface area contributed by atoms with Crippen LogP contribution in [0.15, 0.2) is 18.2 Å². The van der Waals surface area contributed by atoms with Crippen LogP contribution in [-0.4, -0.2) is 16.6 Å². The van der Waals surface area contributed by atoms with Crippen molar-refractivity contribution in [1.29, 1.82) is 0 Å². The van der Waals surface area contributed by atoms with E-state index in [1.165, 1.54) is 12.2 Å². The lowest BCUT2D eigenvalue weighted by Gasteiger charge is -2.47. The molecule has 18 heavy (non-hydrogen) atoms. The summed E-state index contributed by atoms with van der Waals surface area (Å²) in [5.41, 5.74) is 7.31. The fourth-order valence-corrected chi connectivity index (χ4v) is 4.44. The zero-order chi connectivity index (χ0) is 12.8. The Morgan fingerprint density at radius 2 is 2.33 bits per heavy atom. The Morgan fingerprint density at radius 3 is 3.11 bits per heavy atom. The van der Waals surface area contributed by atoms with Crippen molar-refractivity contribution in [2.24, 2.45) is 5.73 Å². The lowest BCUT2D eigenvalue weighted by Crippen LogP contribution is -2.51. The van der Waals surface area contributed by atoms with Crippen LogP contribution < -0.4 is 10.5 Å². The molecule has 0 saturated carbocycles. The Balaban J connectivity index is 1.98. The van der Waals surface area contributed by atoms with Crippen LogP contribution in [0.25, 0.3) is 0 Å². The summed E-state index contributed by atoms with van der Waals surface area (Å²) < 4.78 is 6.34. The molecule has 1 fully saturated rings. The third kappa shape index (κ3) is 2.02. The maximum Gasteiger partial charge on any atom is 0.125 e. The molecule has 2 aliphatic heterocycles. The van der Waals surface area contributed by atoms with Crippen LogP contribution in [0, 0.1) is 0 Å². The smallest absolute Gasteiger partial charge is 0.125 e. The lowest BCUT2D eigenvalue weighted by atomic mass is 9.82. The van der Waals surface area contributed by atoms with Crippen LogP contribution in [0.3, 0.4) is 0 Å². The van der Waals surface area contributed by atoms with Crippen molar-refractivity contribution >= 4 is 23.4 Å². The Morgan fingerprint density at radius 1 is 1.50 bits per heavy atom. The molecule has 0 radical (unpaired) electrons. The van der Waals surface area contributed by atoms with Crippen molar-refractivity contribution in [2.75, 3.05) is 5.75 Å². The molecule has 0 amide bonds. The van der Waals surface area contributed by atoms with E-state index >= 15 is 0 Å². The van der Waals surface area contributed by atoms with E-state index in [9.17, 15) is 0 Å². The highest BCUT2D eigenvalue weighted by Crippen LogP contribution is 2.47. The van der Waals surface area contributed by atoms with Gasteiger partial charge in [0.05, 0.1) is 0 Å². The van der Waals surface area contributed by atoms with E-state index in [-0.39, 0.29) is 11.6 Å². The van der Waals surface area contributed by atoms with Crippen molar-refractivity contribution < 1.29 is 4.74 Å². The largest absolute Gasteiger partial charge is 0.486 e. The van der Waals surface area contributed by atoms with Gasteiger partial charge in [-0.05, 0) is 43.7 Å². The van der Waals surface area contributed by atoms with Gasteiger partial charge in [-0.3, -0.25) is 0 Å². The molecular formula is C14H18ClNOS. The first-order valence-electron chi connectivity index (χ1n) is 6.46. The summed E-state index contributed by atoms with van der Waals surface area (Å²) in [6.45, 7) is 2.26. The summed E-state index contributed by atoms with van der Waals surface area (Å²) in [4.78, 5) is 0. The molecule has 1 saturated heterocycles. The highest BCUT2D eigenvalue weighted by atomic mass is 35.5. The predicted octanol–water partition coefficient (Wildman–Crippen LogP) is 3.78. The van der Waals surface area contributed by atoms with Gasteiger partial charge < -0.3 is 10.5 Å². The van der Waals surface area contributed by atoms with Crippen LogP contribution in [-0.2, 0) is 0 Å². The first kappa shape index (κ1) is 12.6. The third-order valence-corrected chi connectivity index (χ3v) is 5.79. The van der Waals surface area contributed by atoms with Gasteiger partial charge in [0.25, 0.3) is 0 Å². The standard InChI is InChI=1S/C14H18ClNOS/c1-9-14(5-2-6-18-9)8-12(16)11-7-10(15)3-4-13(11)17-14/h3-4,7,9,12H,2,5-6,8,16H2,1H3. The number of nitrogens with two attached hydrogens (primary N) is 1. The highest BCUT2D eigenvalue weighted by molar-refractivity contribution is 8.00. The van der Waals surface area contributed by atoms with Gasteiger partial charge in [0, 0.05) is 28.3 Å². The number of benzene rings is 1. The van der Waals surface area contributed by atoms with E-state index in [0.717, 1.165) is 29.2 Å². The SMILES string of the molecule is CC1SCCCC12CC(N)c1cc(Cl)ccc1O2. The van der Waals surface area contributed by atoms with Crippen LogP contribution in [0.1, 0.15) is 37.8 Å². The summed E-state index contributed by atoms with van der Waals surface area (Å²) in [5, 5.41) is 1.23. The van der Waals surface area contributed by atoms with Crippen molar-refractivity contribution in [3.05, 3.63) is 28.8 Å². The number of halogens is 1. The van der Waals surface area contributed by atoms with Gasteiger partial charge >= 0.3 is 0 Å². The molecule has 1 spiro atoms.